The van der Waals surface area contributed by atoms with Crippen LogP contribution in [0.3, 0.4) is 0 Å². The van der Waals surface area contributed by atoms with E-state index in [0.29, 0.717) is 19.3 Å². The van der Waals surface area contributed by atoms with Crippen LogP contribution in [0, 0.1) is 20.2 Å². The van der Waals surface area contributed by atoms with E-state index in [2.05, 4.69) is 0 Å². The van der Waals surface area contributed by atoms with Gasteiger partial charge in [0.2, 0.25) is 0 Å². The number of carbonyl (C=O) groups is 1. The van der Waals surface area contributed by atoms with Gasteiger partial charge in [0.25, 0.3) is 0 Å². The Hall–Kier alpha value is -1.73. The smallest absolute Gasteiger partial charge is 0.450 e. The van der Waals surface area contributed by atoms with E-state index in [9.17, 15) is 25.0 Å². The molecule has 1 N–H and O–H groups in total. The zero-order chi connectivity index (χ0) is 11.8. The molecule has 0 heterocycles. The molecule has 0 amide bonds. The molecule has 0 bridgehead atoms. The van der Waals surface area contributed by atoms with Crippen LogP contribution in [0.25, 0.3) is 0 Å². The number of carboxylic acids is 1. The Morgan fingerprint density at radius 2 is 1.67 bits per heavy atom. The van der Waals surface area contributed by atoms with Crippen molar-refractivity contribution < 1.29 is 19.7 Å². The highest BCUT2D eigenvalue weighted by molar-refractivity contribution is 5.66. The summed E-state index contributed by atoms with van der Waals surface area (Å²) >= 11 is 0. The summed E-state index contributed by atoms with van der Waals surface area (Å²) in [5, 5.41) is 28.6. The maximum absolute atomic E-state index is 10.2. The lowest BCUT2D eigenvalue weighted by Crippen LogP contribution is -2.28. The monoisotopic (exact) mass is 220 g/mol. The molecule has 0 rings (SSSR count). The normalized spacial score (nSPS) is 10.2. The van der Waals surface area contributed by atoms with Crippen LogP contribution in [0.15, 0.2) is 0 Å². The molecule has 0 spiro atoms. The Labute approximate surface area is 85.2 Å². The van der Waals surface area contributed by atoms with Gasteiger partial charge in [0, 0.05) is 6.42 Å². The predicted octanol–water partition coefficient (Wildman–Crippen LogP) is 0.901. The van der Waals surface area contributed by atoms with Crippen molar-refractivity contribution in [2.24, 2.45) is 0 Å². The Morgan fingerprint density at radius 3 is 2.07 bits per heavy atom. The van der Waals surface area contributed by atoms with Crippen molar-refractivity contribution in [1.29, 1.82) is 0 Å². The van der Waals surface area contributed by atoms with E-state index in [0.717, 1.165) is 0 Å². The van der Waals surface area contributed by atoms with Gasteiger partial charge in [-0.1, -0.05) is 6.42 Å². The number of nitrogens with zero attached hydrogens (tertiary/aromatic N) is 2. The minimum Gasteiger partial charge on any atom is -0.481 e. The van der Waals surface area contributed by atoms with Gasteiger partial charge in [-0.15, -0.1) is 0 Å². The minimum absolute atomic E-state index is 0.0123. The fourth-order valence-corrected chi connectivity index (χ4v) is 1.07. The van der Waals surface area contributed by atoms with Crippen molar-refractivity contribution in [2.45, 2.75) is 38.3 Å². The number of carboxylic acid groups (broad SMARTS) is 1. The van der Waals surface area contributed by atoms with Crippen LogP contribution in [0.2, 0.25) is 0 Å². The van der Waals surface area contributed by atoms with Crippen LogP contribution in [0.1, 0.15) is 32.1 Å². The first-order chi connectivity index (χ1) is 6.95. The van der Waals surface area contributed by atoms with Crippen molar-refractivity contribution in [3.63, 3.8) is 0 Å². The SMILES string of the molecule is O=C(O)CCCCCC([N+](=O)[O-])[N+](=O)[O-]. The standard InChI is InChI=1S/C7H12N2O6/c10-7(11)5-3-1-2-4-6(8(12)13)9(14)15/h6H,1-5H2,(H,10,11). The molecule has 0 aromatic carbocycles. The van der Waals surface area contributed by atoms with Gasteiger partial charge >= 0.3 is 12.1 Å². The number of hydrogen-bond donors (Lipinski definition) is 1. The van der Waals surface area contributed by atoms with Crippen LogP contribution in [-0.4, -0.2) is 27.1 Å². The molecule has 0 fully saturated rings. The fourth-order valence-electron chi connectivity index (χ4n) is 1.07. The van der Waals surface area contributed by atoms with Gasteiger partial charge in [-0.2, -0.15) is 0 Å². The number of hydrogen-bond acceptors (Lipinski definition) is 5. The Bertz CT molecular complexity index is 240. The predicted molar refractivity (Wildman–Crippen MR) is 48.5 cm³/mol. The summed E-state index contributed by atoms with van der Waals surface area (Å²) in [4.78, 5) is 28.6. The third-order valence-electron chi connectivity index (χ3n) is 1.84. The fraction of sp³-hybridized carbons (Fsp3) is 0.857. The summed E-state index contributed by atoms with van der Waals surface area (Å²) < 4.78 is 0. The minimum atomic E-state index is -1.77. The number of aliphatic carboxylic acids is 1. The summed E-state index contributed by atoms with van der Waals surface area (Å²) in [6.45, 7) is 0. The molecule has 0 saturated carbocycles. The van der Waals surface area contributed by atoms with Crippen LogP contribution in [-0.2, 0) is 4.79 Å². The van der Waals surface area contributed by atoms with E-state index in [1.165, 1.54) is 0 Å². The summed E-state index contributed by atoms with van der Waals surface area (Å²) in [6.07, 6.45) is -0.807. The lowest BCUT2D eigenvalue weighted by Gasteiger charge is -2.01. The van der Waals surface area contributed by atoms with E-state index in [4.69, 9.17) is 5.11 Å². The molecule has 0 unspecified atom stereocenters. The highest BCUT2D eigenvalue weighted by Crippen LogP contribution is 2.08. The summed E-state index contributed by atoms with van der Waals surface area (Å²) in [6, 6.07) is 0. The summed E-state index contributed by atoms with van der Waals surface area (Å²) in [5.74, 6) is -0.935. The molecule has 0 aliphatic rings. The molecule has 15 heavy (non-hydrogen) atoms. The van der Waals surface area contributed by atoms with Crippen molar-refractivity contribution in [2.75, 3.05) is 0 Å². The molecule has 0 atom stereocenters. The molecule has 0 aliphatic heterocycles. The first-order valence-electron chi connectivity index (χ1n) is 4.44. The maximum atomic E-state index is 10.2. The zero-order valence-corrected chi connectivity index (χ0v) is 8.00. The third-order valence-corrected chi connectivity index (χ3v) is 1.84. The first kappa shape index (κ1) is 13.3. The zero-order valence-electron chi connectivity index (χ0n) is 8.00. The molecule has 0 radical (unpaired) electrons. The number of rotatable bonds is 8. The molecule has 0 saturated heterocycles. The number of unbranched alkanes of at least 4 members (excludes halogenated alkanes) is 2. The van der Waals surface area contributed by atoms with Gasteiger partial charge in [-0.05, 0) is 12.8 Å². The van der Waals surface area contributed by atoms with Crippen LogP contribution in [0.4, 0.5) is 0 Å². The molecule has 0 aromatic heterocycles. The van der Waals surface area contributed by atoms with Crippen molar-refractivity contribution >= 4 is 5.97 Å². The van der Waals surface area contributed by atoms with E-state index >= 15 is 0 Å². The van der Waals surface area contributed by atoms with Crippen LogP contribution >= 0.6 is 0 Å². The van der Waals surface area contributed by atoms with Crippen molar-refractivity contribution in [3.8, 4) is 0 Å². The van der Waals surface area contributed by atoms with Gasteiger partial charge in [0.1, 0.15) is 0 Å². The van der Waals surface area contributed by atoms with E-state index < -0.39 is 22.0 Å². The maximum Gasteiger partial charge on any atom is 0.450 e. The molecule has 86 valence electrons. The van der Waals surface area contributed by atoms with Gasteiger partial charge in [0.05, 0.1) is 16.3 Å². The third kappa shape index (κ3) is 6.36. The molecule has 8 nitrogen and oxygen atoms in total. The Kier molecular flexibility index (Phi) is 5.91. The lowest BCUT2D eigenvalue weighted by atomic mass is 10.1. The summed E-state index contributed by atoms with van der Waals surface area (Å²) in [5.41, 5.74) is 0. The largest absolute Gasteiger partial charge is 0.481 e. The van der Waals surface area contributed by atoms with Crippen molar-refractivity contribution in [3.05, 3.63) is 20.2 Å². The lowest BCUT2D eigenvalue weighted by molar-refractivity contribution is -0.743. The molecular formula is C7H12N2O6. The number of nitro groups is 2. The average Bonchev–Trinajstić information content (AvgIpc) is 2.08. The highest BCUT2D eigenvalue weighted by atomic mass is 16.7. The molecule has 8 heteroatoms. The van der Waals surface area contributed by atoms with Gasteiger partial charge in [-0.25, -0.2) is 0 Å². The second-order valence-corrected chi connectivity index (χ2v) is 3.04. The first-order valence-corrected chi connectivity index (χ1v) is 4.44. The van der Waals surface area contributed by atoms with Gasteiger partial charge in [0.15, 0.2) is 0 Å². The summed E-state index contributed by atoms with van der Waals surface area (Å²) in [7, 11) is 0. The quantitative estimate of drug-likeness (QED) is 0.280. The van der Waals surface area contributed by atoms with E-state index in [1.54, 1.807) is 0 Å². The Balaban J connectivity index is 3.68. The molecule has 0 aromatic rings. The Morgan fingerprint density at radius 1 is 1.13 bits per heavy atom. The van der Waals surface area contributed by atoms with E-state index in [-0.39, 0.29) is 12.8 Å². The second kappa shape index (κ2) is 6.68. The van der Waals surface area contributed by atoms with E-state index in [1.807, 2.05) is 0 Å². The average molecular weight is 220 g/mol. The van der Waals surface area contributed by atoms with Gasteiger partial charge in [-0.3, -0.25) is 25.0 Å². The van der Waals surface area contributed by atoms with Gasteiger partial charge < -0.3 is 5.11 Å². The van der Waals surface area contributed by atoms with Crippen LogP contribution in [0.5, 0.6) is 0 Å². The topological polar surface area (TPSA) is 124 Å². The molecule has 0 aliphatic carbocycles. The van der Waals surface area contributed by atoms with Crippen molar-refractivity contribution in [1.82, 2.24) is 0 Å². The molecular weight excluding hydrogens is 208 g/mol. The second-order valence-electron chi connectivity index (χ2n) is 3.04. The highest BCUT2D eigenvalue weighted by Gasteiger charge is 2.30. The van der Waals surface area contributed by atoms with Crippen LogP contribution < -0.4 is 0 Å².